The van der Waals surface area contributed by atoms with Gasteiger partial charge in [-0.15, -0.1) is 24.8 Å². The predicted octanol–water partition coefficient (Wildman–Crippen LogP) is 5.59. The van der Waals surface area contributed by atoms with E-state index in [0.29, 0.717) is 16.0 Å². The van der Waals surface area contributed by atoms with Crippen LogP contribution in [0.3, 0.4) is 0 Å². The zero-order chi connectivity index (χ0) is 23.4. The molecule has 0 atom stereocenters. The Morgan fingerprint density at radius 3 is 2.31 bits per heavy atom. The maximum Gasteiger partial charge on any atom is 0.242 e. The average molecular weight is 584 g/mol. The highest BCUT2D eigenvalue weighted by Gasteiger charge is 2.27. The maximum atomic E-state index is 12.5. The fourth-order valence-electron chi connectivity index (χ4n) is 4.82. The van der Waals surface area contributed by atoms with Gasteiger partial charge >= 0.3 is 0 Å². The van der Waals surface area contributed by atoms with Gasteiger partial charge in [0.15, 0.2) is 0 Å². The monoisotopic (exact) mass is 582 g/mol. The first kappa shape index (κ1) is 30.4. The summed E-state index contributed by atoms with van der Waals surface area (Å²) in [6, 6.07) is 7.35. The number of piperazine rings is 1. The van der Waals surface area contributed by atoms with Gasteiger partial charge in [0.05, 0.1) is 15.7 Å². The third-order valence-electron chi connectivity index (χ3n) is 6.93. The second kappa shape index (κ2) is 13.7. The summed E-state index contributed by atoms with van der Waals surface area (Å²) < 4.78 is 27.9. The van der Waals surface area contributed by atoms with E-state index < -0.39 is 10.0 Å². The lowest BCUT2D eigenvalue weighted by Gasteiger charge is -2.37. The third-order valence-corrected chi connectivity index (χ3v) is 9.41. The smallest absolute Gasteiger partial charge is 0.242 e. The summed E-state index contributed by atoms with van der Waals surface area (Å²) in [5, 5.41) is 1.30. The largest absolute Gasteiger partial charge is 0.368 e. The molecule has 0 amide bonds. The lowest BCUT2D eigenvalue weighted by Crippen LogP contribution is -2.47. The van der Waals surface area contributed by atoms with Gasteiger partial charge in [0.2, 0.25) is 10.0 Å². The van der Waals surface area contributed by atoms with Crippen LogP contribution in [0, 0.1) is 12.8 Å². The van der Waals surface area contributed by atoms with Gasteiger partial charge < -0.3 is 4.90 Å². The standard InChI is InChI=1S/C24H32Cl2N4O2S.2ClH/c1-18-4-9-22(24(26)23(18)25)30-15-13-29(14-16-30)12-10-19-5-7-20(8-6-19)28-33(31,32)21-3-2-11-27-17-21;;/h2-4,9,11,17,19-20,28H,5-8,10,12-16H2,1H3;2*1H/t19-,20-;;. The van der Waals surface area contributed by atoms with Crippen LogP contribution in [0.1, 0.15) is 37.7 Å². The van der Waals surface area contributed by atoms with Crippen molar-refractivity contribution in [1.82, 2.24) is 14.6 Å². The number of benzene rings is 1. The van der Waals surface area contributed by atoms with Crippen LogP contribution in [0.5, 0.6) is 0 Å². The van der Waals surface area contributed by atoms with E-state index in [9.17, 15) is 8.42 Å². The predicted molar refractivity (Wildman–Crippen MR) is 149 cm³/mol. The fourth-order valence-corrected chi connectivity index (χ4v) is 6.58. The Balaban J connectivity index is 0.00000216. The first-order valence-electron chi connectivity index (χ1n) is 11.7. The van der Waals surface area contributed by atoms with E-state index in [-0.39, 0.29) is 35.8 Å². The van der Waals surface area contributed by atoms with Crippen LogP contribution >= 0.6 is 48.0 Å². The van der Waals surface area contributed by atoms with Gasteiger partial charge in [0, 0.05) is 44.6 Å². The second-order valence-corrected chi connectivity index (χ2v) is 11.6. The molecule has 2 heterocycles. The highest BCUT2D eigenvalue weighted by Crippen LogP contribution is 2.35. The SMILES string of the molecule is Cc1ccc(N2CCN(CC[C@H]3CC[C@H](NS(=O)(=O)c4cccnc4)CC3)CC2)c(Cl)c1Cl.Cl.Cl. The van der Waals surface area contributed by atoms with Crippen LogP contribution in [0.4, 0.5) is 5.69 Å². The molecule has 196 valence electrons. The number of pyridine rings is 1. The molecule has 1 saturated carbocycles. The number of anilines is 1. The number of rotatable bonds is 7. The summed E-state index contributed by atoms with van der Waals surface area (Å²) in [5.41, 5.74) is 2.03. The van der Waals surface area contributed by atoms with E-state index in [1.165, 1.54) is 12.6 Å². The first-order valence-corrected chi connectivity index (χ1v) is 13.9. The molecule has 1 aromatic heterocycles. The number of sulfonamides is 1. The molecule has 2 fully saturated rings. The van der Waals surface area contributed by atoms with Crippen LogP contribution in [0.25, 0.3) is 0 Å². The Labute approximate surface area is 231 Å². The third kappa shape index (κ3) is 7.84. The molecule has 1 saturated heterocycles. The number of nitrogens with zero attached hydrogens (tertiary/aromatic N) is 3. The normalized spacial score (nSPS) is 21.2. The average Bonchev–Trinajstić information content (AvgIpc) is 2.83. The van der Waals surface area contributed by atoms with E-state index in [4.69, 9.17) is 23.2 Å². The molecule has 35 heavy (non-hydrogen) atoms. The lowest BCUT2D eigenvalue weighted by atomic mass is 9.84. The number of hydrogen-bond donors (Lipinski definition) is 1. The summed E-state index contributed by atoms with van der Waals surface area (Å²) in [4.78, 5) is 9.00. The van der Waals surface area contributed by atoms with E-state index in [1.54, 1.807) is 18.3 Å². The van der Waals surface area contributed by atoms with Crippen molar-refractivity contribution in [3.63, 3.8) is 0 Å². The molecular formula is C24H34Cl4N4O2S. The Hall–Kier alpha value is -0.800. The summed E-state index contributed by atoms with van der Waals surface area (Å²) in [6.45, 7) is 6.99. The van der Waals surface area contributed by atoms with Gasteiger partial charge in [-0.25, -0.2) is 13.1 Å². The quantitative estimate of drug-likeness (QED) is 0.460. The van der Waals surface area contributed by atoms with Crippen LogP contribution < -0.4 is 9.62 Å². The molecule has 0 radical (unpaired) electrons. The molecule has 0 bridgehead atoms. The van der Waals surface area contributed by atoms with E-state index in [1.807, 2.05) is 13.0 Å². The highest BCUT2D eigenvalue weighted by molar-refractivity contribution is 7.89. The summed E-state index contributed by atoms with van der Waals surface area (Å²) in [5.74, 6) is 0.660. The van der Waals surface area contributed by atoms with E-state index in [2.05, 4.69) is 25.6 Å². The minimum Gasteiger partial charge on any atom is -0.368 e. The summed E-state index contributed by atoms with van der Waals surface area (Å²) >= 11 is 12.8. The van der Waals surface area contributed by atoms with Crippen LogP contribution in [0.15, 0.2) is 41.6 Å². The van der Waals surface area contributed by atoms with Gasteiger partial charge in [-0.1, -0.05) is 29.3 Å². The van der Waals surface area contributed by atoms with Gasteiger partial charge in [0.25, 0.3) is 0 Å². The van der Waals surface area contributed by atoms with Crippen molar-refractivity contribution in [3.8, 4) is 0 Å². The molecule has 11 heteroatoms. The molecule has 1 aromatic carbocycles. The number of nitrogens with one attached hydrogen (secondary N) is 1. The van der Waals surface area contributed by atoms with Gasteiger partial charge in [-0.05, 0) is 75.3 Å². The Kier molecular flexibility index (Phi) is 11.9. The first-order chi connectivity index (χ1) is 15.8. The molecule has 1 aliphatic heterocycles. The van der Waals surface area contributed by atoms with Crippen molar-refractivity contribution in [3.05, 3.63) is 52.3 Å². The lowest BCUT2D eigenvalue weighted by molar-refractivity contribution is 0.214. The molecule has 2 aliphatic rings. The molecule has 2 aromatic rings. The minimum atomic E-state index is -3.49. The number of hydrogen-bond acceptors (Lipinski definition) is 5. The van der Waals surface area contributed by atoms with Crippen molar-refractivity contribution < 1.29 is 8.42 Å². The van der Waals surface area contributed by atoms with Gasteiger partial charge in [0.1, 0.15) is 4.90 Å². The topological polar surface area (TPSA) is 65.5 Å². The van der Waals surface area contributed by atoms with Gasteiger partial charge in [-0.3, -0.25) is 9.88 Å². The van der Waals surface area contributed by atoms with Gasteiger partial charge in [-0.2, -0.15) is 0 Å². The van der Waals surface area contributed by atoms with Crippen LogP contribution in [0.2, 0.25) is 10.0 Å². The molecule has 0 spiro atoms. The van der Waals surface area contributed by atoms with Crippen LogP contribution in [-0.4, -0.2) is 57.1 Å². The Morgan fingerprint density at radius 1 is 1.00 bits per heavy atom. The molecule has 4 rings (SSSR count). The zero-order valence-electron chi connectivity index (χ0n) is 19.8. The van der Waals surface area contributed by atoms with Crippen molar-refractivity contribution in [1.29, 1.82) is 0 Å². The minimum absolute atomic E-state index is 0. The maximum absolute atomic E-state index is 12.5. The summed E-state index contributed by atoms with van der Waals surface area (Å²) in [7, 11) is -3.49. The second-order valence-electron chi connectivity index (χ2n) is 9.17. The van der Waals surface area contributed by atoms with Crippen molar-refractivity contribution in [2.75, 3.05) is 37.6 Å². The Bertz CT molecular complexity index is 1040. The molecule has 6 nitrogen and oxygen atoms in total. The van der Waals surface area contributed by atoms with Crippen molar-refractivity contribution >= 4 is 63.7 Å². The molecule has 1 N–H and O–H groups in total. The van der Waals surface area contributed by atoms with E-state index in [0.717, 1.165) is 69.7 Å². The summed E-state index contributed by atoms with van der Waals surface area (Å²) in [6.07, 6.45) is 8.07. The number of aromatic nitrogens is 1. The van der Waals surface area contributed by atoms with Crippen molar-refractivity contribution in [2.24, 2.45) is 5.92 Å². The van der Waals surface area contributed by atoms with Crippen LogP contribution in [-0.2, 0) is 10.0 Å². The Morgan fingerprint density at radius 2 is 1.69 bits per heavy atom. The highest BCUT2D eigenvalue weighted by atomic mass is 35.5. The number of halogens is 4. The fraction of sp³-hybridized carbons (Fsp3) is 0.542. The molecule has 1 aliphatic carbocycles. The van der Waals surface area contributed by atoms with E-state index >= 15 is 0 Å². The molecular weight excluding hydrogens is 550 g/mol. The molecule has 0 unspecified atom stereocenters. The zero-order valence-corrected chi connectivity index (χ0v) is 23.8. The number of aryl methyl sites for hydroxylation is 1. The van der Waals surface area contributed by atoms with Crippen molar-refractivity contribution in [2.45, 2.75) is 50.0 Å².